The van der Waals surface area contributed by atoms with Crippen molar-refractivity contribution in [3.8, 4) is 0 Å². The maximum Gasteiger partial charge on any atom is 0.244 e. The van der Waals surface area contributed by atoms with Crippen LogP contribution in [0, 0.1) is 0 Å². The number of nitrogen functional groups attached to an aromatic ring is 1. The molecule has 1 aliphatic heterocycles. The quantitative estimate of drug-likeness (QED) is 0.832. The van der Waals surface area contributed by atoms with Gasteiger partial charge in [0, 0.05) is 25.0 Å². The second-order valence-corrected chi connectivity index (χ2v) is 7.62. The minimum Gasteiger partial charge on any atom is -0.398 e. The summed E-state index contributed by atoms with van der Waals surface area (Å²) >= 11 is 0. The summed E-state index contributed by atoms with van der Waals surface area (Å²) in [6.07, 6.45) is 1.45. The molecule has 0 aromatic heterocycles. The smallest absolute Gasteiger partial charge is 0.244 e. The van der Waals surface area contributed by atoms with Crippen LogP contribution in [-0.2, 0) is 21.2 Å². The van der Waals surface area contributed by atoms with Gasteiger partial charge in [0.05, 0.1) is 0 Å². The van der Waals surface area contributed by atoms with E-state index in [4.69, 9.17) is 5.73 Å². The number of likely N-dealkylation sites (tertiary alicyclic amines) is 1. The van der Waals surface area contributed by atoms with Gasteiger partial charge in [0.1, 0.15) is 4.75 Å². The average molecular weight is 282 g/mol. The minimum absolute atomic E-state index is 0.331. The van der Waals surface area contributed by atoms with Crippen molar-refractivity contribution in [1.29, 1.82) is 0 Å². The second kappa shape index (κ2) is 4.52. The predicted molar refractivity (Wildman–Crippen MR) is 74.1 cm³/mol. The van der Waals surface area contributed by atoms with Gasteiger partial charge in [-0.2, -0.15) is 0 Å². The third-order valence-electron chi connectivity index (χ3n) is 3.83. The Labute approximate surface area is 113 Å². The van der Waals surface area contributed by atoms with Crippen molar-refractivity contribution in [2.45, 2.75) is 24.6 Å². The molecule has 1 saturated heterocycles. The van der Waals surface area contributed by atoms with Crippen molar-refractivity contribution in [2.24, 2.45) is 0 Å². The van der Waals surface area contributed by atoms with E-state index in [2.05, 4.69) is 0 Å². The van der Waals surface area contributed by atoms with Crippen molar-refractivity contribution in [3.63, 3.8) is 0 Å². The number of nitrogens with two attached hydrogens (primary N) is 1. The lowest BCUT2D eigenvalue weighted by Gasteiger charge is -2.22. The van der Waals surface area contributed by atoms with E-state index in [1.807, 2.05) is 18.2 Å². The highest BCUT2D eigenvalue weighted by molar-refractivity contribution is 7.92. The van der Waals surface area contributed by atoms with E-state index in [0.717, 1.165) is 11.8 Å². The number of sulfone groups is 1. The Morgan fingerprint density at radius 2 is 2.00 bits per heavy atom. The Balaban J connectivity index is 2.23. The van der Waals surface area contributed by atoms with Crippen LogP contribution in [0.1, 0.15) is 18.9 Å². The molecule has 0 bridgehead atoms. The molecule has 1 aromatic carbocycles. The fourth-order valence-electron chi connectivity index (χ4n) is 2.27. The lowest BCUT2D eigenvalue weighted by Crippen LogP contribution is -2.43. The van der Waals surface area contributed by atoms with E-state index >= 15 is 0 Å². The second-order valence-electron chi connectivity index (χ2n) is 5.18. The molecule has 2 N–H and O–H groups in total. The van der Waals surface area contributed by atoms with Crippen LogP contribution in [0.3, 0.4) is 0 Å². The van der Waals surface area contributed by atoms with Gasteiger partial charge in [-0.3, -0.25) is 4.79 Å². The normalized spacial score (nSPS) is 23.9. The van der Waals surface area contributed by atoms with E-state index in [0.29, 0.717) is 25.2 Å². The Bertz CT molecular complexity index is 612. The molecule has 104 valence electrons. The SMILES string of the molecule is CC1(S(C)(=O)=O)CCN(Cc2ccccc2N)C1=O. The lowest BCUT2D eigenvalue weighted by molar-refractivity contribution is -0.130. The number of hydrogen-bond acceptors (Lipinski definition) is 4. The molecule has 1 aliphatic rings. The molecule has 5 nitrogen and oxygen atoms in total. The molecule has 1 fully saturated rings. The van der Waals surface area contributed by atoms with Crippen LogP contribution >= 0.6 is 0 Å². The fraction of sp³-hybridized carbons (Fsp3) is 0.462. The monoisotopic (exact) mass is 282 g/mol. The number of nitrogens with zero attached hydrogens (tertiary/aromatic N) is 1. The predicted octanol–water partition coefficient (Wildman–Crippen LogP) is 0.804. The summed E-state index contributed by atoms with van der Waals surface area (Å²) < 4.78 is 22.2. The third kappa shape index (κ3) is 2.32. The van der Waals surface area contributed by atoms with Gasteiger partial charge in [0.15, 0.2) is 9.84 Å². The van der Waals surface area contributed by atoms with E-state index in [1.165, 1.54) is 6.92 Å². The summed E-state index contributed by atoms with van der Waals surface area (Å²) in [7, 11) is -3.41. The molecule has 1 aromatic rings. The Morgan fingerprint density at radius 3 is 2.53 bits per heavy atom. The molecule has 1 heterocycles. The zero-order valence-corrected chi connectivity index (χ0v) is 11.9. The lowest BCUT2D eigenvalue weighted by atomic mass is 10.1. The van der Waals surface area contributed by atoms with E-state index in [-0.39, 0.29) is 5.91 Å². The fourth-order valence-corrected chi connectivity index (χ4v) is 3.18. The molecule has 2 rings (SSSR count). The van der Waals surface area contributed by atoms with Gasteiger partial charge in [-0.15, -0.1) is 0 Å². The Kier molecular flexibility index (Phi) is 3.30. The van der Waals surface area contributed by atoms with E-state index < -0.39 is 14.6 Å². The summed E-state index contributed by atoms with van der Waals surface area (Å²) in [4.78, 5) is 13.9. The van der Waals surface area contributed by atoms with Crippen LogP contribution in [0.5, 0.6) is 0 Å². The number of rotatable bonds is 3. The summed E-state index contributed by atoms with van der Waals surface area (Å²) in [5, 5.41) is 0. The summed E-state index contributed by atoms with van der Waals surface area (Å²) in [6.45, 7) is 2.30. The van der Waals surface area contributed by atoms with Crippen LogP contribution in [0.2, 0.25) is 0 Å². The van der Waals surface area contributed by atoms with Crippen LogP contribution in [0.15, 0.2) is 24.3 Å². The summed E-state index contributed by atoms with van der Waals surface area (Å²) in [5.41, 5.74) is 7.30. The first kappa shape index (κ1) is 13.9. The maximum absolute atomic E-state index is 12.3. The number of benzene rings is 1. The third-order valence-corrected chi connectivity index (χ3v) is 5.85. The number of para-hydroxylation sites is 1. The van der Waals surface area contributed by atoms with E-state index in [1.54, 1.807) is 11.0 Å². The van der Waals surface area contributed by atoms with Crippen LogP contribution in [-0.4, -0.2) is 36.8 Å². The molecule has 1 atom stereocenters. The van der Waals surface area contributed by atoms with Gasteiger partial charge in [-0.1, -0.05) is 18.2 Å². The zero-order valence-electron chi connectivity index (χ0n) is 11.1. The van der Waals surface area contributed by atoms with Crippen molar-refractivity contribution < 1.29 is 13.2 Å². The molecular weight excluding hydrogens is 264 g/mol. The van der Waals surface area contributed by atoms with Gasteiger partial charge in [0.25, 0.3) is 0 Å². The highest BCUT2D eigenvalue weighted by Crippen LogP contribution is 2.31. The zero-order chi connectivity index (χ0) is 14.3. The summed E-state index contributed by atoms with van der Waals surface area (Å²) in [6, 6.07) is 7.29. The van der Waals surface area contributed by atoms with Crippen molar-refractivity contribution in [2.75, 3.05) is 18.5 Å². The van der Waals surface area contributed by atoms with Gasteiger partial charge in [-0.25, -0.2) is 8.42 Å². The van der Waals surface area contributed by atoms with Gasteiger partial charge < -0.3 is 10.6 Å². The van der Waals surface area contributed by atoms with E-state index in [9.17, 15) is 13.2 Å². The van der Waals surface area contributed by atoms with Gasteiger partial charge >= 0.3 is 0 Å². The average Bonchev–Trinajstić information content (AvgIpc) is 2.61. The molecule has 1 amide bonds. The van der Waals surface area contributed by atoms with Crippen molar-refractivity contribution in [3.05, 3.63) is 29.8 Å². The van der Waals surface area contributed by atoms with Gasteiger partial charge in [-0.05, 0) is 25.0 Å². The molecular formula is C13H18N2O3S. The molecule has 0 aliphatic carbocycles. The number of carbonyl (C=O) groups is 1. The standard InChI is InChI=1S/C13H18N2O3S/c1-13(19(2,17)18)7-8-15(12(13)16)9-10-5-3-4-6-11(10)14/h3-6H,7-9,14H2,1-2H3. The van der Waals surface area contributed by atoms with Crippen LogP contribution in [0.25, 0.3) is 0 Å². The van der Waals surface area contributed by atoms with Crippen LogP contribution < -0.4 is 5.73 Å². The molecule has 0 spiro atoms. The molecule has 0 saturated carbocycles. The number of carbonyl (C=O) groups excluding carboxylic acids is 1. The van der Waals surface area contributed by atoms with Gasteiger partial charge in [0.2, 0.25) is 5.91 Å². The minimum atomic E-state index is -3.41. The van der Waals surface area contributed by atoms with Crippen LogP contribution in [0.4, 0.5) is 5.69 Å². The number of hydrogen-bond donors (Lipinski definition) is 1. The number of amides is 1. The van der Waals surface area contributed by atoms with Crippen molar-refractivity contribution in [1.82, 2.24) is 4.90 Å². The topological polar surface area (TPSA) is 80.5 Å². The largest absolute Gasteiger partial charge is 0.398 e. The first-order valence-corrected chi connectivity index (χ1v) is 7.97. The highest BCUT2D eigenvalue weighted by Gasteiger charge is 2.50. The summed E-state index contributed by atoms with van der Waals surface area (Å²) in [5.74, 6) is -0.335. The Morgan fingerprint density at radius 1 is 1.37 bits per heavy atom. The molecule has 1 unspecified atom stereocenters. The highest BCUT2D eigenvalue weighted by atomic mass is 32.2. The number of anilines is 1. The molecule has 19 heavy (non-hydrogen) atoms. The first-order chi connectivity index (χ1) is 8.75. The molecule has 0 radical (unpaired) electrons. The maximum atomic E-state index is 12.3. The van der Waals surface area contributed by atoms with Crippen molar-refractivity contribution >= 4 is 21.4 Å². The Hall–Kier alpha value is -1.56. The molecule has 6 heteroatoms. The first-order valence-electron chi connectivity index (χ1n) is 6.08.